The molecular formula is C14H19ClN4O4. The van der Waals surface area contributed by atoms with Crippen molar-refractivity contribution in [3.05, 3.63) is 27.6 Å². The highest BCUT2D eigenvalue weighted by molar-refractivity contribution is 6.33. The van der Waals surface area contributed by atoms with E-state index in [2.05, 4.69) is 10.6 Å². The van der Waals surface area contributed by atoms with Crippen molar-refractivity contribution in [1.82, 2.24) is 10.3 Å². The number of benzene rings is 1. The average Bonchev–Trinajstić information content (AvgIpc) is 2.56. The maximum atomic E-state index is 12.4. The van der Waals surface area contributed by atoms with Crippen LogP contribution in [0.3, 0.4) is 0 Å². The quantitative estimate of drug-likeness (QED) is 0.598. The fourth-order valence-electron chi connectivity index (χ4n) is 2.22. The summed E-state index contributed by atoms with van der Waals surface area (Å²) in [5, 5.41) is 7.28. The van der Waals surface area contributed by atoms with Gasteiger partial charge in [-0.15, -0.1) is 4.91 Å². The van der Waals surface area contributed by atoms with Crippen LogP contribution in [0.5, 0.6) is 5.75 Å². The largest absolute Gasteiger partial charge is 0.493 e. The summed E-state index contributed by atoms with van der Waals surface area (Å²) in [4.78, 5) is 22.9. The zero-order valence-corrected chi connectivity index (χ0v) is 13.5. The average molecular weight is 343 g/mol. The molecule has 3 N–H and O–H groups in total. The lowest BCUT2D eigenvalue weighted by Gasteiger charge is -2.28. The molecule has 0 aromatic heterocycles. The molecule has 1 aromatic carbocycles. The normalized spacial score (nSPS) is 17.7. The van der Waals surface area contributed by atoms with Gasteiger partial charge in [0.2, 0.25) is 0 Å². The third-order valence-corrected chi connectivity index (χ3v) is 3.69. The van der Waals surface area contributed by atoms with Crippen LogP contribution < -0.4 is 15.8 Å². The fraction of sp³-hybridized carbons (Fsp3) is 0.500. The molecule has 8 nitrogen and oxygen atoms in total. The van der Waals surface area contributed by atoms with Crippen molar-refractivity contribution in [2.45, 2.75) is 13.0 Å². The Morgan fingerprint density at radius 1 is 1.61 bits per heavy atom. The third kappa shape index (κ3) is 4.46. The first-order valence-electron chi connectivity index (χ1n) is 7.25. The van der Waals surface area contributed by atoms with Gasteiger partial charge in [-0.25, -0.2) is 0 Å². The summed E-state index contributed by atoms with van der Waals surface area (Å²) >= 11 is 5.98. The highest BCUT2D eigenvalue weighted by atomic mass is 35.5. The van der Waals surface area contributed by atoms with E-state index in [9.17, 15) is 9.70 Å². The number of rotatable bonds is 6. The van der Waals surface area contributed by atoms with Crippen LogP contribution in [-0.4, -0.2) is 49.9 Å². The van der Waals surface area contributed by atoms with Crippen LogP contribution >= 0.6 is 11.6 Å². The molecule has 1 amide bonds. The lowest BCUT2D eigenvalue weighted by Crippen LogP contribution is -2.45. The van der Waals surface area contributed by atoms with Crippen molar-refractivity contribution < 1.29 is 14.3 Å². The lowest BCUT2D eigenvalue weighted by atomic mass is 10.1. The van der Waals surface area contributed by atoms with Crippen LogP contribution in [0.4, 0.5) is 5.69 Å². The zero-order chi connectivity index (χ0) is 16.8. The van der Waals surface area contributed by atoms with Crippen LogP contribution in [-0.2, 0) is 4.74 Å². The minimum Gasteiger partial charge on any atom is -0.493 e. The standard InChI is InChI=1S/C14H19ClN4O4/c1-2-22-13-6-12(16)11(15)5-10(13)14(20)17-7-9-8-19(18-21)3-4-23-9/h5-6,9H,2-4,7-8,16H2,1H3,(H,17,20). The molecule has 23 heavy (non-hydrogen) atoms. The van der Waals surface area contributed by atoms with Crippen LogP contribution in [0.2, 0.25) is 5.02 Å². The summed E-state index contributed by atoms with van der Waals surface area (Å²) in [6, 6.07) is 2.99. The van der Waals surface area contributed by atoms with Crippen LogP contribution in [0, 0.1) is 4.91 Å². The van der Waals surface area contributed by atoms with Crippen molar-refractivity contribution in [3.63, 3.8) is 0 Å². The van der Waals surface area contributed by atoms with Gasteiger partial charge >= 0.3 is 0 Å². The second-order valence-corrected chi connectivity index (χ2v) is 5.41. The van der Waals surface area contributed by atoms with E-state index in [1.807, 2.05) is 6.92 Å². The number of ether oxygens (including phenoxy) is 2. The van der Waals surface area contributed by atoms with Gasteiger partial charge in [0.15, 0.2) is 0 Å². The predicted octanol–water partition coefficient (Wildman–Crippen LogP) is 1.43. The van der Waals surface area contributed by atoms with Crippen molar-refractivity contribution >= 4 is 23.2 Å². The molecule has 0 aliphatic carbocycles. The molecule has 126 valence electrons. The molecule has 1 aliphatic heterocycles. The molecule has 1 atom stereocenters. The summed E-state index contributed by atoms with van der Waals surface area (Å²) < 4.78 is 10.9. The number of carbonyl (C=O) groups is 1. The van der Waals surface area contributed by atoms with Crippen molar-refractivity contribution in [2.75, 3.05) is 38.6 Å². The summed E-state index contributed by atoms with van der Waals surface area (Å²) in [5.41, 5.74) is 6.37. The van der Waals surface area contributed by atoms with Crippen LogP contribution in [0.15, 0.2) is 17.4 Å². The molecule has 0 saturated carbocycles. The smallest absolute Gasteiger partial charge is 0.255 e. The van der Waals surface area contributed by atoms with Gasteiger partial charge in [-0.1, -0.05) is 11.6 Å². The first kappa shape index (κ1) is 17.3. The van der Waals surface area contributed by atoms with Gasteiger partial charge in [-0.2, -0.15) is 0 Å². The minimum atomic E-state index is -0.352. The molecule has 0 radical (unpaired) electrons. The first-order valence-corrected chi connectivity index (χ1v) is 7.62. The summed E-state index contributed by atoms with van der Waals surface area (Å²) in [6.07, 6.45) is -0.301. The molecule has 9 heteroatoms. The number of nitrogen functional groups attached to an aromatic ring is 1. The van der Waals surface area contributed by atoms with Crippen molar-refractivity contribution in [2.24, 2.45) is 5.29 Å². The second-order valence-electron chi connectivity index (χ2n) is 5.00. The molecule has 2 rings (SSSR count). The first-order chi connectivity index (χ1) is 11.0. The Hall–Kier alpha value is -2.06. The van der Waals surface area contributed by atoms with E-state index in [1.165, 1.54) is 17.1 Å². The molecular weight excluding hydrogens is 324 g/mol. The summed E-state index contributed by atoms with van der Waals surface area (Å²) in [5.74, 6) is 0.0165. The monoisotopic (exact) mass is 342 g/mol. The Morgan fingerprint density at radius 3 is 3.09 bits per heavy atom. The van der Waals surface area contributed by atoms with E-state index >= 15 is 0 Å². The van der Waals surface area contributed by atoms with E-state index < -0.39 is 0 Å². The van der Waals surface area contributed by atoms with Crippen LogP contribution in [0.1, 0.15) is 17.3 Å². The fourth-order valence-corrected chi connectivity index (χ4v) is 2.39. The lowest BCUT2D eigenvalue weighted by molar-refractivity contribution is -0.0263. The molecule has 1 aliphatic rings. The molecule has 0 bridgehead atoms. The van der Waals surface area contributed by atoms with Gasteiger partial charge in [-0.3, -0.25) is 9.80 Å². The molecule has 1 aromatic rings. The SMILES string of the molecule is CCOc1cc(N)c(Cl)cc1C(=O)NCC1CN(N=O)CCO1. The summed E-state index contributed by atoms with van der Waals surface area (Å²) in [6.45, 7) is 3.64. The number of nitrogens with two attached hydrogens (primary N) is 1. The zero-order valence-electron chi connectivity index (χ0n) is 12.8. The number of amides is 1. The number of hydrogen-bond donors (Lipinski definition) is 2. The second kappa shape index (κ2) is 7.98. The Morgan fingerprint density at radius 2 is 2.39 bits per heavy atom. The number of morpholine rings is 1. The van der Waals surface area contributed by atoms with Crippen LogP contribution in [0.25, 0.3) is 0 Å². The van der Waals surface area contributed by atoms with E-state index in [1.54, 1.807) is 0 Å². The van der Waals surface area contributed by atoms with Gasteiger partial charge < -0.3 is 20.5 Å². The third-order valence-electron chi connectivity index (χ3n) is 3.37. The Labute approximate surface area is 138 Å². The highest BCUT2D eigenvalue weighted by Crippen LogP contribution is 2.29. The number of hydrogen-bond acceptors (Lipinski definition) is 6. The molecule has 0 spiro atoms. The number of nitrogens with zero attached hydrogens (tertiary/aromatic N) is 2. The Bertz CT molecular complexity index is 584. The number of nitroso groups, excluding NO2 is 1. The van der Waals surface area contributed by atoms with E-state index in [-0.39, 0.29) is 23.6 Å². The topological polar surface area (TPSA) is 106 Å². The number of carbonyl (C=O) groups excluding carboxylic acids is 1. The maximum absolute atomic E-state index is 12.4. The Balaban J connectivity index is 2.02. The molecule has 1 saturated heterocycles. The van der Waals surface area contributed by atoms with Crippen molar-refractivity contribution in [1.29, 1.82) is 0 Å². The molecule has 1 unspecified atom stereocenters. The highest BCUT2D eigenvalue weighted by Gasteiger charge is 2.22. The summed E-state index contributed by atoms with van der Waals surface area (Å²) in [7, 11) is 0. The van der Waals surface area contributed by atoms with Gasteiger partial charge in [0.05, 0.1) is 54.0 Å². The van der Waals surface area contributed by atoms with E-state index in [0.717, 1.165) is 0 Å². The number of halogens is 1. The van der Waals surface area contributed by atoms with Gasteiger partial charge in [0, 0.05) is 12.6 Å². The molecule has 1 fully saturated rings. The Kier molecular flexibility index (Phi) is 6.00. The maximum Gasteiger partial charge on any atom is 0.255 e. The minimum absolute atomic E-state index is 0.248. The van der Waals surface area contributed by atoms with Gasteiger partial charge in [0.25, 0.3) is 5.91 Å². The van der Waals surface area contributed by atoms with Crippen molar-refractivity contribution in [3.8, 4) is 5.75 Å². The van der Waals surface area contributed by atoms with Gasteiger partial charge in [-0.05, 0) is 13.0 Å². The van der Waals surface area contributed by atoms with Gasteiger partial charge in [0.1, 0.15) is 5.75 Å². The van der Waals surface area contributed by atoms with E-state index in [0.29, 0.717) is 43.3 Å². The van der Waals surface area contributed by atoms with E-state index in [4.69, 9.17) is 26.8 Å². The molecule has 1 heterocycles. The predicted molar refractivity (Wildman–Crippen MR) is 86.5 cm³/mol. The number of anilines is 1. The number of nitrogens with one attached hydrogen (secondary N) is 1.